The van der Waals surface area contributed by atoms with E-state index < -0.39 is 0 Å². The van der Waals surface area contributed by atoms with Gasteiger partial charge in [-0.3, -0.25) is 4.98 Å². The van der Waals surface area contributed by atoms with E-state index in [-0.39, 0.29) is 0 Å². The van der Waals surface area contributed by atoms with E-state index in [2.05, 4.69) is 20.9 Å². The van der Waals surface area contributed by atoms with Gasteiger partial charge in [0.2, 0.25) is 0 Å². The second kappa shape index (κ2) is 5.47. The van der Waals surface area contributed by atoms with Gasteiger partial charge in [0.25, 0.3) is 0 Å². The van der Waals surface area contributed by atoms with Gasteiger partial charge in [-0.2, -0.15) is 0 Å². The Morgan fingerprint density at radius 1 is 1.27 bits per heavy atom. The first-order valence-electron chi connectivity index (χ1n) is 4.89. The highest BCUT2D eigenvalue weighted by Crippen LogP contribution is 2.27. The summed E-state index contributed by atoms with van der Waals surface area (Å²) in [5.74, 6) is 0. The Morgan fingerprint density at radius 3 is 2.60 bits per heavy atom. The predicted octanol–water partition coefficient (Wildman–Crippen LogP) is 4.99. The van der Waals surface area contributed by atoms with Gasteiger partial charge >= 0.3 is 0 Å². The van der Waals surface area contributed by atoms with Crippen molar-refractivity contribution >= 4 is 38.4 Å². The van der Waals surface area contributed by atoms with Crippen molar-refractivity contribution < 1.29 is 0 Å². The predicted molar refractivity (Wildman–Crippen MR) is 70.5 cm³/mol. The lowest BCUT2D eigenvalue weighted by atomic mass is 10.1. The first-order chi connectivity index (χ1) is 7.18. The summed E-state index contributed by atoms with van der Waals surface area (Å²) in [5, 5.41) is 1.78. The van der Waals surface area contributed by atoms with Crippen LogP contribution in [0.15, 0.2) is 28.9 Å². The van der Waals surface area contributed by atoms with Crippen molar-refractivity contribution in [3.8, 4) is 0 Å². The number of hydrogen-bond acceptors (Lipinski definition) is 1. The van der Waals surface area contributed by atoms with Crippen LogP contribution in [0.4, 0.5) is 0 Å². The summed E-state index contributed by atoms with van der Waals surface area (Å²) in [6, 6.07) is 5.94. The summed E-state index contributed by atoms with van der Waals surface area (Å²) in [6.45, 7) is 5.99. The van der Waals surface area contributed by atoms with E-state index in [9.17, 15) is 0 Å². The van der Waals surface area contributed by atoms with Crippen molar-refractivity contribution in [1.29, 1.82) is 0 Å². The van der Waals surface area contributed by atoms with Gasteiger partial charge in [0.15, 0.2) is 0 Å². The fourth-order valence-corrected chi connectivity index (χ4v) is 1.79. The molecule has 1 aromatic carbocycles. The van der Waals surface area contributed by atoms with Gasteiger partial charge in [0.1, 0.15) is 0 Å². The van der Waals surface area contributed by atoms with E-state index in [0.717, 1.165) is 26.0 Å². The smallest absolute Gasteiger partial charge is 0.0718 e. The standard InChI is InChI=1S/C10H7BrClN.C2H6/c1-6-2-3-9-8(10(6)12)4-7(11)5-13-9;1-2/h2-5H,1H3;1-2H3. The Labute approximate surface area is 104 Å². The third-order valence-corrected chi connectivity index (χ3v) is 2.89. The van der Waals surface area contributed by atoms with E-state index in [1.807, 2.05) is 39.0 Å². The molecule has 0 radical (unpaired) electrons. The SMILES string of the molecule is CC.Cc1ccc2ncc(Br)cc2c1Cl. The Morgan fingerprint density at radius 2 is 1.93 bits per heavy atom. The minimum absolute atomic E-state index is 0.784. The average Bonchev–Trinajstić information content (AvgIpc) is 2.27. The summed E-state index contributed by atoms with van der Waals surface area (Å²) in [6.07, 6.45) is 1.77. The fraction of sp³-hybridized carbons (Fsp3) is 0.250. The molecule has 1 heterocycles. The Hall–Kier alpha value is -0.600. The molecule has 0 aliphatic rings. The van der Waals surface area contributed by atoms with E-state index >= 15 is 0 Å². The second-order valence-corrected chi connectivity index (χ2v) is 4.21. The van der Waals surface area contributed by atoms with Crippen LogP contribution in [-0.2, 0) is 0 Å². The molecule has 2 aromatic rings. The Balaban J connectivity index is 0.000000531. The molecule has 0 aliphatic heterocycles. The van der Waals surface area contributed by atoms with Crippen molar-refractivity contribution in [1.82, 2.24) is 4.98 Å². The lowest BCUT2D eigenvalue weighted by molar-refractivity contribution is 1.37. The number of halogens is 2. The minimum Gasteiger partial charge on any atom is -0.255 e. The molecule has 0 saturated carbocycles. The molecule has 0 fully saturated rings. The molecule has 0 spiro atoms. The Kier molecular flexibility index (Phi) is 4.55. The van der Waals surface area contributed by atoms with Crippen molar-refractivity contribution in [3.63, 3.8) is 0 Å². The number of aryl methyl sites for hydroxylation is 1. The zero-order valence-electron chi connectivity index (χ0n) is 9.01. The van der Waals surface area contributed by atoms with Crippen LogP contribution in [0, 0.1) is 6.92 Å². The highest BCUT2D eigenvalue weighted by Gasteiger charge is 2.02. The summed E-state index contributed by atoms with van der Waals surface area (Å²) < 4.78 is 0.951. The van der Waals surface area contributed by atoms with Crippen molar-refractivity contribution in [3.05, 3.63) is 39.5 Å². The van der Waals surface area contributed by atoms with Gasteiger partial charge in [-0.05, 0) is 40.5 Å². The third-order valence-electron chi connectivity index (χ3n) is 1.96. The van der Waals surface area contributed by atoms with Crippen molar-refractivity contribution in [2.75, 3.05) is 0 Å². The molecular formula is C12H13BrClN. The van der Waals surface area contributed by atoms with Crippen LogP contribution in [0.25, 0.3) is 10.9 Å². The molecule has 1 aromatic heterocycles. The topological polar surface area (TPSA) is 12.9 Å². The first kappa shape index (κ1) is 12.5. The lowest BCUT2D eigenvalue weighted by Gasteiger charge is -2.02. The molecule has 0 unspecified atom stereocenters. The van der Waals surface area contributed by atoms with E-state index in [4.69, 9.17) is 11.6 Å². The van der Waals surface area contributed by atoms with Crippen molar-refractivity contribution in [2.24, 2.45) is 0 Å². The molecule has 3 heteroatoms. The zero-order valence-corrected chi connectivity index (χ0v) is 11.4. The van der Waals surface area contributed by atoms with Gasteiger partial charge in [0, 0.05) is 16.1 Å². The fourth-order valence-electron chi connectivity index (χ4n) is 1.25. The summed E-state index contributed by atoms with van der Waals surface area (Å²) >= 11 is 9.51. The molecule has 0 saturated heterocycles. The molecule has 0 aliphatic carbocycles. The molecule has 80 valence electrons. The van der Waals surface area contributed by atoms with Crippen LogP contribution in [0.1, 0.15) is 19.4 Å². The van der Waals surface area contributed by atoms with Crippen LogP contribution in [0.2, 0.25) is 5.02 Å². The largest absolute Gasteiger partial charge is 0.255 e. The maximum atomic E-state index is 6.14. The van der Waals surface area contributed by atoms with Crippen LogP contribution < -0.4 is 0 Å². The summed E-state index contributed by atoms with van der Waals surface area (Å²) in [7, 11) is 0. The molecule has 0 bridgehead atoms. The van der Waals surface area contributed by atoms with Crippen LogP contribution in [0.3, 0.4) is 0 Å². The van der Waals surface area contributed by atoms with Gasteiger partial charge < -0.3 is 0 Å². The summed E-state index contributed by atoms with van der Waals surface area (Å²) in [5.41, 5.74) is 2.01. The Bertz CT molecular complexity index is 463. The van der Waals surface area contributed by atoms with Crippen molar-refractivity contribution in [2.45, 2.75) is 20.8 Å². The highest BCUT2D eigenvalue weighted by molar-refractivity contribution is 9.10. The summed E-state index contributed by atoms with van der Waals surface area (Å²) in [4.78, 5) is 4.25. The van der Waals surface area contributed by atoms with Crippen LogP contribution in [-0.4, -0.2) is 4.98 Å². The number of fused-ring (bicyclic) bond motifs is 1. The molecule has 0 atom stereocenters. The molecule has 0 N–H and O–H groups in total. The van der Waals surface area contributed by atoms with E-state index in [0.29, 0.717) is 0 Å². The van der Waals surface area contributed by atoms with Gasteiger partial charge in [-0.25, -0.2) is 0 Å². The third kappa shape index (κ3) is 2.70. The highest BCUT2D eigenvalue weighted by atomic mass is 79.9. The molecule has 0 amide bonds. The van der Waals surface area contributed by atoms with Gasteiger partial charge in [-0.1, -0.05) is 31.5 Å². The molecule has 1 nitrogen and oxygen atoms in total. The molecule has 15 heavy (non-hydrogen) atoms. The lowest BCUT2D eigenvalue weighted by Crippen LogP contribution is -1.82. The van der Waals surface area contributed by atoms with Crippen LogP contribution in [0.5, 0.6) is 0 Å². The second-order valence-electron chi connectivity index (χ2n) is 2.92. The maximum absolute atomic E-state index is 6.14. The molecule has 2 rings (SSSR count). The normalized spacial score (nSPS) is 9.67. The average molecular weight is 287 g/mol. The maximum Gasteiger partial charge on any atom is 0.0718 e. The zero-order chi connectivity index (χ0) is 11.4. The van der Waals surface area contributed by atoms with E-state index in [1.165, 1.54) is 0 Å². The quantitative estimate of drug-likeness (QED) is 0.665. The molecular weight excluding hydrogens is 273 g/mol. The number of aromatic nitrogens is 1. The minimum atomic E-state index is 0.784. The van der Waals surface area contributed by atoms with Gasteiger partial charge in [-0.15, -0.1) is 0 Å². The monoisotopic (exact) mass is 285 g/mol. The van der Waals surface area contributed by atoms with E-state index in [1.54, 1.807) is 6.20 Å². The van der Waals surface area contributed by atoms with Gasteiger partial charge in [0.05, 0.1) is 10.5 Å². The first-order valence-corrected chi connectivity index (χ1v) is 6.06. The van der Waals surface area contributed by atoms with Crippen LogP contribution >= 0.6 is 27.5 Å². The number of rotatable bonds is 0. The number of benzene rings is 1. The number of hydrogen-bond donors (Lipinski definition) is 0. The number of nitrogens with zero attached hydrogens (tertiary/aromatic N) is 1. The number of pyridine rings is 1.